The molecule has 0 aromatic heterocycles. The zero-order chi connectivity index (χ0) is 16.9. The number of hydrogen-bond acceptors (Lipinski definition) is 3. The van der Waals surface area contributed by atoms with Crippen LogP contribution >= 0.6 is 0 Å². The average molecular weight is 339 g/mol. The molecule has 0 spiro atoms. The third kappa shape index (κ3) is 5.13. The summed E-state index contributed by atoms with van der Waals surface area (Å²) in [6.07, 6.45) is 2.68. The Morgan fingerprint density at radius 1 is 1.30 bits per heavy atom. The van der Waals surface area contributed by atoms with E-state index in [1.807, 2.05) is 11.8 Å². The topological polar surface area (TPSA) is 78.5 Å². The molecule has 0 aliphatic carbocycles. The molecule has 1 heterocycles. The van der Waals surface area contributed by atoms with Crippen LogP contribution in [0, 0.1) is 5.92 Å². The number of urea groups is 1. The van der Waals surface area contributed by atoms with E-state index in [2.05, 4.69) is 17.0 Å². The Hall–Kier alpha value is -1.76. The second-order valence-electron chi connectivity index (χ2n) is 5.94. The number of amides is 2. The molecule has 0 saturated carbocycles. The van der Waals surface area contributed by atoms with E-state index in [9.17, 15) is 13.2 Å². The standard InChI is InChI=1S/C16H25N3O3S/c1-3-10-23(21,22)18-15-7-5-6-14(11-15)17-16(20)19-9-8-13(4-2)12-19/h5-7,11,13,18H,3-4,8-10,12H2,1-2H3,(H,17,20)/t13-/m0/s1. The molecule has 1 fully saturated rings. The summed E-state index contributed by atoms with van der Waals surface area (Å²) in [5.74, 6) is 0.656. The fourth-order valence-electron chi connectivity index (χ4n) is 2.71. The van der Waals surface area contributed by atoms with Gasteiger partial charge in [0.2, 0.25) is 10.0 Å². The lowest BCUT2D eigenvalue weighted by Crippen LogP contribution is -2.32. The van der Waals surface area contributed by atoms with Gasteiger partial charge < -0.3 is 10.2 Å². The number of rotatable bonds is 6. The summed E-state index contributed by atoms with van der Waals surface area (Å²) in [4.78, 5) is 14.1. The molecule has 1 atom stereocenters. The van der Waals surface area contributed by atoms with Gasteiger partial charge in [-0.15, -0.1) is 0 Å². The maximum atomic E-state index is 12.3. The van der Waals surface area contributed by atoms with Gasteiger partial charge in [-0.05, 0) is 37.0 Å². The first-order valence-corrected chi connectivity index (χ1v) is 9.75. The Morgan fingerprint density at radius 3 is 2.70 bits per heavy atom. The summed E-state index contributed by atoms with van der Waals surface area (Å²) in [6, 6.07) is 6.65. The number of sulfonamides is 1. The van der Waals surface area contributed by atoms with Crippen molar-refractivity contribution in [3.8, 4) is 0 Å². The Labute approximate surface area is 138 Å². The van der Waals surface area contributed by atoms with Crippen molar-refractivity contribution in [3.63, 3.8) is 0 Å². The highest BCUT2D eigenvalue weighted by molar-refractivity contribution is 7.92. The Kier molecular flexibility index (Phi) is 5.87. The Bertz CT molecular complexity index is 646. The minimum Gasteiger partial charge on any atom is -0.324 e. The molecule has 2 N–H and O–H groups in total. The molecule has 128 valence electrons. The third-order valence-electron chi connectivity index (χ3n) is 4.01. The smallest absolute Gasteiger partial charge is 0.321 e. The second-order valence-corrected chi connectivity index (χ2v) is 7.78. The second kappa shape index (κ2) is 7.68. The molecule has 0 radical (unpaired) electrons. The SMILES string of the molecule is CCCS(=O)(=O)Nc1cccc(NC(=O)N2CC[C@H](CC)C2)c1. The number of nitrogens with one attached hydrogen (secondary N) is 2. The van der Waals surface area contributed by atoms with Crippen molar-refractivity contribution in [3.05, 3.63) is 24.3 Å². The van der Waals surface area contributed by atoms with Crippen LogP contribution in [0.15, 0.2) is 24.3 Å². The Balaban J connectivity index is 1.99. The van der Waals surface area contributed by atoms with Crippen molar-refractivity contribution in [1.82, 2.24) is 4.90 Å². The number of anilines is 2. The zero-order valence-corrected chi connectivity index (χ0v) is 14.5. The molecule has 1 aliphatic heterocycles. The van der Waals surface area contributed by atoms with Gasteiger partial charge in [-0.25, -0.2) is 13.2 Å². The maximum absolute atomic E-state index is 12.3. The quantitative estimate of drug-likeness (QED) is 0.836. The van der Waals surface area contributed by atoms with E-state index in [1.165, 1.54) is 0 Å². The molecule has 7 heteroatoms. The molecular weight excluding hydrogens is 314 g/mol. The van der Waals surface area contributed by atoms with E-state index in [-0.39, 0.29) is 11.8 Å². The lowest BCUT2D eigenvalue weighted by atomic mass is 10.1. The van der Waals surface area contributed by atoms with Crippen molar-refractivity contribution in [2.75, 3.05) is 28.9 Å². The van der Waals surface area contributed by atoms with Gasteiger partial charge >= 0.3 is 6.03 Å². The van der Waals surface area contributed by atoms with E-state index < -0.39 is 10.0 Å². The molecule has 2 amide bonds. The molecule has 1 aliphatic rings. The normalized spacial score (nSPS) is 18.0. The first kappa shape index (κ1) is 17.6. The van der Waals surface area contributed by atoms with Gasteiger partial charge in [0, 0.05) is 18.8 Å². The predicted molar refractivity (Wildman–Crippen MR) is 93.1 cm³/mol. The largest absolute Gasteiger partial charge is 0.324 e. The van der Waals surface area contributed by atoms with E-state index in [0.29, 0.717) is 23.7 Å². The Morgan fingerprint density at radius 2 is 2.04 bits per heavy atom. The van der Waals surface area contributed by atoms with Crippen LogP contribution < -0.4 is 10.0 Å². The van der Waals surface area contributed by atoms with Crippen molar-refractivity contribution < 1.29 is 13.2 Å². The molecule has 6 nitrogen and oxygen atoms in total. The minimum absolute atomic E-state index is 0.0791. The van der Waals surface area contributed by atoms with E-state index in [4.69, 9.17) is 0 Å². The van der Waals surface area contributed by atoms with Crippen LogP contribution in [-0.2, 0) is 10.0 Å². The van der Waals surface area contributed by atoms with Gasteiger partial charge in [-0.1, -0.05) is 26.3 Å². The van der Waals surface area contributed by atoms with Gasteiger partial charge in [-0.3, -0.25) is 4.72 Å². The highest BCUT2D eigenvalue weighted by atomic mass is 32.2. The van der Waals surface area contributed by atoms with E-state index in [0.717, 1.165) is 25.9 Å². The highest BCUT2D eigenvalue weighted by Gasteiger charge is 2.24. The van der Waals surface area contributed by atoms with Gasteiger partial charge in [0.15, 0.2) is 0 Å². The molecule has 2 rings (SSSR count). The van der Waals surface area contributed by atoms with E-state index >= 15 is 0 Å². The van der Waals surface area contributed by atoms with Gasteiger partial charge in [0.1, 0.15) is 0 Å². The van der Waals surface area contributed by atoms with Crippen LogP contribution in [0.4, 0.5) is 16.2 Å². The summed E-state index contributed by atoms with van der Waals surface area (Å²) in [5.41, 5.74) is 1.05. The van der Waals surface area contributed by atoms with Crippen LogP contribution in [0.2, 0.25) is 0 Å². The number of carbonyl (C=O) groups is 1. The fourth-order valence-corrected chi connectivity index (χ4v) is 3.84. The zero-order valence-electron chi connectivity index (χ0n) is 13.7. The summed E-state index contributed by atoms with van der Waals surface area (Å²) < 4.78 is 26.1. The summed E-state index contributed by atoms with van der Waals surface area (Å²) in [6.45, 7) is 5.51. The lowest BCUT2D eigenvalue weighted by Gasteiger charge is -2.17. The monoisotopic (exact) mass is 339 g/mol. The number of benzene rings is 1. The molecule has 1 aromatic carbocycles. The molecule has 1 aromatic rings. The van der Waals surface area contributed by atoms with Crippen LogP contribution in [0.3, 0.4) is 0 Å². The number of nitrogens with zero attached hydrogens (tertiary/aromatic N) is 1. The summed E-state index contributed by atoms with van der Waals surface area (Å²) >= 11 is 0. The van der Waals surface area contributed by atoms with E-state index in [1.54, 1.807) is 24.3 Å². The van der Waals surface area contributed by atoms with Gasteiger partial charge in [-0.2, -0.15) is 0 Å². The number of hydrogen-bond donors (Lipinski definition) is 2. The van der Waals surface area contributed by atoms with Crippen molar-refractivity contribution in [1.29, 1.82) is 0 Å². The third-order valence-corrected chi connectivity index (χ3v) is 5.50. The number of carbonyl (C=O) groups excluding carboxylic acids is 1. The van der Waals surface area contributed by atoms with Gasteiger partial charge in [0.25, 0.3) is 0 Å². The minimum atomic E-state index is -3.33. The van der Waals surface area contributed by atoms with Crippen LogP contribution in [0.1, 0.15) is 33.1 Å². The molecule has 0 unspecified atom stereocenters. The van der Waals surface area contributed by atoms with Crippen LogP contribution in [0.25, 0.3) is 0 Å². The molecule has 23 heavy (non-hydrogen) atoms. The number of likely N-dealkylation sites (tertiary alicyclic amines) is 1. The van der Waals surface area contributed by atoms with Crippen molar-refractivity contribution in [2.24, 2.45) is 5.92 Å². The molecule has 1 saturated heterocycles. The highest BCUT2D eigenvalue weighted by Crippen LogP contribution is 2.21. The molecular formula is C16H25N3O3S. The summed E-state index contributed by atoms with van der Waals surface area (Å²) in [7, 11) is -3.33. The van der Waals surface area contributed by atoms with Crippen molar-refractivity contribution >= 4 is 27.4 Å². The maximum Gasteiger partial charge on any atom is 0.321 e. The first-order chi connectivity index (χ1) is 10.9. The van der Waals surface area contributed by atoms with Crippen molar-refractivity contribution in [2.45, 2.75) is 33.1 Å². The van der Waals surface area contributed by atoms with Crippen LogP contribution in [-0.4, -0.2) is 38.2 Å². The lowest BCUT2D eigenvalue weighted by molar-refractivity contribution is 0.220. The van der Waals surface area contributed by atoms with Crippen LogP contribution in [0.5, 0.6) is 0 Å². The average Bonchev–Trinajstić information content (AvgIpc) is 2.96. The summed E-state index contributed by atoms with van der Waals surface area (Å²) in [5, 5.41) is 2.84. The predicted octanol–water partition coefficient (Wildman–Crippen LogP) is 3.10. The van der Waals surface area contributed by atoms with Gasteiger partial charge in [0.05, 0.1) is 11.4 Å². The first-order valence-electron chi connectivity index (χ1n) is 8.10. The fraction of sp³-hybridized carbons (Fsp3) is 0.562. The molecule has 0 bridgehead atoms.